The molecule has 0 saturated carbocycles. The second-order valence-electron chi connectivity index (χ2n) is 9.22. The van der Waals surface area contributed by atoms with Gasteiger partial charge in [0, 0.05) is 36.2 Å². The number of nitrogens with one attached hydrogen (secondary N) is 3. The lowest BCUT2D eigenvalue weighted by atomic mass is 9.95. The number of pyridine rings is 1. The summed E-state index contributed by atoms with van der Waals surface area (Å²) in [6, 6.07) is -1.02. The van der Waals surface area contributed by atoms with Gasteiger partial charge < -0.3 is 25.7 Å². The van der Waals surface area contributed by atoms with E-state index >= 15 is 0 Å². The Kier molecular flexibility index (Phi) is 8.43. The zero-order chi connectivity index (χ0) is 31.0. The van der Waals surface area contributed by atoms with Crippen LogP contribution in [0.25, 0.3) is 0 Å². The lowest BCUT2D eigenvalue weighted by Crippen LogP contribution is -2.85. The quantitative estimate of drug-likeness (QED) is 0.0872. The van der Waals surface area contributed by atoms with Gasteiger partial charge in [0.15, 0.2) is 0 Å². The van der Waals surface area contributed by atoms with Crippen LogP contribution >= 0.6 is 11.8 Å². The maximum Gasteiger partial charge on any atom is 0.352 e. The second-order valence-corrected chi connectivity index (χ2v) is 12.2. The summed E-state index contributed by atoms with van der Waals surface area (Å²) in [7, 11) is -3.96. The molecule has 6 amide bonds. The number of carbonyl (C=O) groups excluding carboxylic acids is 5. The molecule has 18 nitrogen and oxygen atoms in total. The van der Waals surface area contributed by atoms with Crippen LogP contribution in [-0.4, -0.2) is 116 Å². The summed E-state index contributed by atoms with van der Waals surface area (Å²) in [5.41, 5.74) is -0.758. The van der Waals surface area contributed by atoms with Crippen LogP contribution in [0.2, 0.25) is 0 Å². The Labute approximate surface area is 242 Å². The Bertz CT molecular complexity index is 1490. The number of aromatic nitrogens is 1. The van der Waals surface area contributed by atoms with Gasteiger partial charge in [-0.2, -0.15) is 5.48 Å². The van der Waals surface area contributed by atoms with Crippen molar-refractivity contribution in [2.24, 2.45) is 0 Å². The van der Waals surface area contributed by atoms with E-state index in [1.807, 2.05) is 0 Å². The number of hydroxylamine groups is 1. The predicted molar refractivity (Wildman–Crippen MR) is 139 cm³/mol. The number of hydrogen-bond donors (Lipinski definition) is 5. The average Bonchev–Trinajstić information content (AvgIpc) is 3.34. The fourth-order valence-corrected chi connectivity index (χ4v) is 6.68. The van der Waals surface area contributed by atoms with Gasteiger partial charge in [-0.1, -0.05) is 6.07 Å². The highest BCUT2D eigenvalue weighted by molar-refractivity contribution is 8.00. The lowest BCUT2D eigenvalue weighted by molar-refractivity contribution is -0.171. The Hall–Kier alpha value is -4.27. The summed E-state index contributed by atoms with van der Waals surface area (Å²) in [6.07, 6.45) is 3.39. The van der Waals surface area contributed by atoms with Gasteiger partial charge in [-0.3, -0.25) is 24.3 Å². The number of fused-ring (bicyclic) bond motifs is 1. The van der Waals surface area contributed by atoms with Crippen LogP contribution in [0.5, 0.6) is 0 Å². The third-order valence-electron chi connectivity index (χ3n) is 6.47. The van der Waals surface area contributed by atoms with Crippen LogP contribution in [0.15, 0.2) is 35.8 Å². The van der Waals surface area contributed by atoms with Crippen molar-refractivity contribution >= 4 is 57.6 Å². The van der Waals surface area contributed by atoms with Crippen molar-refractivity contribution in [2.75, 3.05) is 31.7 Å². The number of carboxylic acids is 1. The first kappa shape index (κ1) is 30.7. The van der Waals surface area contributed by atoms with E-state index in [-0.39, 0.29) is 30.0 Å². The summed E-state index contributed by atoms with van der Waals surface area (Å²) in [5, 5.41) is 23.3. The SMILES string of the molecule is CC(=O)OCC1=C(C(=O)O)N2C(=O)[C@@](NO)(NC(=O)C(NC(=O)N3CCN(S(C)(=O)=O)C3=O)c3cccnc3)[C@H]2SC1. The molecule has 42 heavy (non-hydrogen) atoms. The highest BCUT2D eigenvalue weighted by Gasteiger charge is 2.66. The monoisotopic (exact) mass is 627 g/mol. The van der Waals surface area contributed by atoms with Gasteiger partial charge in [0.25, 0.3) is 5.91 Å². The fourth-order valence-electron chi connectivity index (χ4n) is 4.49. The van der Waals surface area contributed by atoms with E-state index in [0.29, 0.717) is 9.21 Å². The number of rotatable bonds is 9. The molecule has 1 aromatic rings. The molecule has 3 aliphatic rings. The predicted octanol–water partition coefficient (Wildman–Crippen LogP) is -1.86. The second kappa shape index (κ2) is 11.5. The minimum Gasteiger partial charge on any atom is -0.477 e. The van der Waals surface area contributed by atoms with Crippen LogP contribution in [0.3, 0.4) is 0 Å². The van der Waals surface area contributed by atoms with E-state index in [1.165, 1.54) is 24.5 Å². The van der Waals surface area contributed by atoms with Gasteiger partial charge in [-0.05, 0) is 6.07 Å². The lowest BCUT2D eigenvalue weighted by Gasteiger charge is -2.56. The van der Waals surface area contributed by atoms with E-state index < -0.39 is 75.2 Å². The highest BCUT2D eigenvalue weighted by Crippen LogP contribution is 2.45. The highest BCUT2D eigenvalue weighted by atomic mass is 32.2. The Morgan fingerprint density at radius 1 is 1.26 bits per heavy atom. The zero-order valence-corrected chi connectivity index (χ0v) is 23.6. The first-order valence-corrected chi connectivity index (χ1v) is 14.9. The van der Waals surface area contributed by atoms with Gasteiger partial charge in [-0.25, -0.2) is 32.0 Å². The number of carbonyl (C=O) groups is 6. The summed E-state index contributed by atoms with van der Waals surface area (Å²) >= 11 is 0.956. The number of amides is 6. The Morgan fingerprint density at radius 3 is 2.52 bits per heavy atom. The first-order valence-electron chi connectivity index (χ1n) is 12.0. The van der Waals surface area contributed by atoms with Crippen LogP contribution < -0.4 is 16.1 Å². The molecular weight excluding hydrogens is 602 g/mol. The van der Waals surface area contributed by atoms with Gasteiger partial charge in [-0.15, -0.1) is 11.8 Å². The third kappa shape index (κ3) is 5.47. The smallest absolute Gasteiger partial charge is 0.352 e. The van der Waals surface area contributed by atoms with Gasteiger partial charge in [0.2, 0.25) is 21.6 Å². The third-order valence-corrected chi connectivity index (χ3v) is 9.00. The van der Waals surface area contributed by atoms with E-state index in [0.717, 1.165) is 29.8 Å². The minimum atomic E-state index is -3.96. The maximum absolute atomic E-state index is 13.6. The van der Waals surface area contributed by atoms with Crippen LogP contribution in [-0.2, 0) is 33.9 Å². The molecule has 0 aromatic carbocycles. The Morgan fingerprint density at radius 2 is 1.98 bits per heavy atom. The number of carboxylic acid groups (broad SMARTS) is 1. The number of sulfonamides is 1. The summed E-state index contributed by atoms with van der Waals surface area (Å²) in [6.45, 7) is 0.138. The van der Waals surface area contributed by atoms with Crippen molar-refractivity contribution in [1.82, 2.24) is 35.2 Å². The number of β-lactam (4-membered cyclic amide) rings is 1. The summed E-state index contributed by atoms with van der Waals surface area (Å²) < 4.78 is 29.0. The minimum absolute atomic E-state index is 0.0423. The molecule has 4 rings (SSSR count). The normalized spacial score (nSPS) is 22.7. The van der Waals surface area contributed by atoms with E-state index in [1.54, 1.807) is 5.48 Å². The number of aliphatic carboxylic acids is 1. The van der Waals surface area contributed by atoms with Gasteiger partial charge >= 0.3 is 24.0 Å². The number of imide groups is 1. The molecule has 4 heterocycles. The van der Waals surface area contributed by atoms with Gasteiger partial charge in [0.1, 0.15) is 23.7 Å². The molecule has 0 bridgehead atoms. The molecule has 1 aromatic heterocycles. The molecule has 0 radical (unpaired) electrons. The molecule has 1 unspecified atom stereocenters. The average molecular weight is 628 g/mol. The van der Waals surface area contributed by atoms with Crippen molar-refractivity contribution < 1.29 is 52.2 Å². The molecule has 3 aliphatic heterocycles. The molecule has 226 valence electrons. The zero-order valence-electron chi connectivity index (χ0n) is 22.0. The number of thioether (sulfide) groups is 1. The van der Waals surface area contributed by atoms with Crippen molar-refractivity contribution in [1.29, 1.82) is 0 Å². The first-order chi connectivity index (χ1) is 19.7. The fraction of sp³-hybridized carbons (Fsp3) is 0.409. The standard InChI is InChI=1S/C22H25N7O11S2/c1-11(30)40-9-13-10-41-19-22(26-37,18(34)29(19)15(13)17(32)33)25-16(31)14(12-4-3-5-23-8-12)24-20(35)27-6-7-28(21(27)36)42(2,38)39/h3-5,8,14,19,26,37H,6-7,9-10H2,1-2H3,(H,24,35)(H,25,31)(H,32,33)/t14?,19-,22+/m1/s1. The molecule has 0 spiro atoms. The molecule has 20 heteroatoms. The largest absolute Gasteiger partial charge is 0.477 e. The van der Waals surface area contributed by atoms with Crippen LogP contribution in [0, 0.1) is 0 Å². The molecule has 2 fully saturated rings. The molecule has 0 aliphatic carbocycles. The molecule has 5 N–H and O–H groups in total. The number of esters is 1. The van der Waals surface area contributed by atoms with E-state index in [9.17, 15) is 47.5 Å². The molecule has 2 saturated heterocycles. The number of ether oxygens (including phenoxy) is 1. The van der Waals surface area contributed by atoms with Crippen molar-refractivity contribution in [3.05, 3.63) is 41.4 Å². The van der Waals surface area contributed by atoms with Crippen molar-refractivity contribution in [3.63, 3.8) is 0 Å². The van der Waals surface area contributed by atoms with E-state index in [2.05, 4.69) is 15.6 Å². The number of nitrogens with zero attached hydrogens (tertiary/aromatic N) is 4. The van der Waals surface area contributed by atoms with Crippen molar-refractivity contribution in [2.45, 2.75) is 24.0 Å². The van der Waals surface area contributed by atoms with Crippen LogP contribution in [0.1, 0.15) is 18.5 Å². The summed E-state index contributed by atoms with van der Waals surface area (Å²) in [4.78, 5) is 81.0. The van der Waals surface area contributed by atoms with Gasteiger partial charge in [0.05, 0.1) is 19.3 Å². The summed E-state index contributed by atoms with van der Waals surface area (Å²) in [5.74, 6) is -4.35. The van der Waals surface area contributed by atoms with E-state index in [4.69, 9.17) is 4.74 Å². The maximum atomic E-state index is 13.6. The molecule has 3 atom stereocenters. The number of hydrogen-bond acceptors (Lipinski definition) is 13. The molecular formula is C22H25N7O11S2. The number of urea groups is 2. The topological polar surface area (TPSA) is 245 Å². The Balaban J connectivity index is 1.59. The van der Waals surface area contributed by atoms with Crippen molar-refractivity contribution in [3.8, 4) is 0 Å². The van der Waals surface area contributed by atoms with Crippen LogP contribution in [0.4, 0.5) is 9.59 Å².